The first-order valence-corrected chi connectivity index (χ1v) is 14.2. The van der Waals surface area contributed by atoms with Crippen LogP contribution in [0.2, 0.25) is 0 Å². The van der Waals surface area contributed by atoms with Crippen LogP contribution < -0.4 is 10.2 Å². The molecule has 3 aliphatic rings. The van der Waals surface area contributed by atoms with E-state index in [1.54, 1.807) is 6.20 Å². The topological polar surface area (TPSA) is 90.9 Å². The molecule has 1 N–H and O–H groups in total. The Morgan fingerprint density at radius 3 is 2.54 bits per heavy atom. The second kappa shape index (κ2) is 11.7. The lowest BCUT2D eigenvalue weighted by molar-refractivity contribution is -0.127. The van der Waals surface area contributed by atoms with Gasteiger partial charge < -0.3 is 15.0 Å². The number of piperidine rings is 1. The fraction of sp³-hybridized carbons (Fsp3) is 0.533. The summed E-state index contributed by atoms with van der Waals surface area (Å²) in [5.41, 5.74) is 3.30. The van der Waals surface area contributed by atoms with Crippen molar-refractivity contribution in [2.75, 3.05) is 36.9 Å². The van der Waals surface area contributed by atoms with Crippen LogP contribution in [0.3, 0.4) is 0 Å². The summed E-state index contributed by atoms with van der Waals surface area (Å²) in [6, 6.07) is 9.73. The second-order valence-corrected chi connectivity index (χ2v) is 11.0. The average Bonchev–Trinajstić information content (AvgIpc) is 3.79. The van der Waals surface area contributed by atoms with Gasteiger partial charge in [-0.05, 0) is 63.3 Å². The van der Waals surface area contributed by atoms with Gasteiger partial charge in [-0.2, -0.15) is 4.98 Å². The van der Waals surface area contributed by atoms with E-state index in [0.29, 0.717) is 30.4 Å². The average molecular weight is 533 g/mol. The quantitative estimate of drug-likeness (QED) is 0.427. The molecule has 2 atom stereocenters. The molecule has 1 saturated carbocycles. The molecule has 9 heteroatoms. The number of cyclic esters (lactones) is 1. The van der Waals surface area contributed by atoms with Gasteiger partial charge in [0.25, 0.3) is 0 Å². The van der Waals surface area contributed by atoms with Gasteiger partial charge in [-0.15, -0.1) is 0 Å². The lowest BCUT2D eigenvalue weighted by Crippen LogP contribution is -2.46. The molecule has 2 fully saturated rings. The summed E-state index contributed by atoms with van der Waals surface area (Å²) in [5.74, 6) is 1.95. The molecule has 39 heavy (non-hydrogen) atoms. The summed E-state index contributed by atoms with van der Waals surface area (Å²) in [5, 5.41) is 3.40. The molecule has 2 aromatic rings. The molecule has 1 aliphatic carbocycles. The Morgan fingerprint density at radius 1 is 1.21 bits per heavy atom. The van der Waals surface area contributed by atoms with Crippen LogP contribution in [-0.4, -0.2) is 64.5 Å². The van der Waals surface area contributed by atoms with E-state index in [-0.39, 0.29) is 24.6 Å². The van der Waals surface area contributed by atoms with Crippen LogP contribution in [0.15, 0.2) is 43.1 Å². The third-order valence-corrected chi connectivity index (χ3v) is 8.42. The van der Waals surface area contributed by atoms with E-state index >= 15 is 0 Å². The fourth-order valence-corrected chi connectivity index (χ4v) is 5.75. The number of amides is 2. The minimum Gasteiger partial charge on any atom is -0.444 e. The van der Waals surface area contributed by atoms with Gasteiger partial charge in [0, 0.05) is 37.9 Å². The highest BCUT2D eigenvalue weighted by atomic mass is 16.6. The van der Waals surface area contributed by atoms with Crippen molar-refractivity contribution in [2.24, 2.45) is 5.92 Å². The zero-order valence-electron chi connectivity index (χ0n) is 23.3. The standard InChI is InChI=1S/C30H40N6O3/c1-5-27(37)35-15-13-25(14-16-35)34(4)26(17-21-7-8-21)23-11-9-22(10-12-23)20(3)32-29-31-18-24-19-39-30(38)36(6-2)28(24)33-29/h5,9-12,18,20-21,25-26H,1,6-8,13-17,19H2,2-4H3,(H,31,32,33)/t20-,26?/m0/s1. The maximum absolute atomic E-state index is 12.1. The SMILES string of the molecule is C=CC(=O)N1CCC(N(C)C(CC2CC2)c2ccc([C@H](C)Nc3ncc4c(n3)N(CC)C(=O)OC4)cc2)CC1. The van der Waals surface area contributed by atoms with Crippen molar-refractivity contribution >= 4 is 23.8 Å². The van der Waals surface area contributed by atoms with Crippen molar-refractivity contribution in [3.05, 3.63) is 59.8 Å². The minimum atomic E-state index is -0.375. The van der Waals surface area contributed by atoms with E-state index in [1.807, 2.05) is 11.8 Å². The first-order valence-electron chi connectivity index (χ1n) is 14.2. The zero-order chi connectivity index (χ0) is 27.5. The predicted molar refractivity (Wildman–Crippen MR) is 151 cm³/mol. The van der Waals surface area contributed by atoms with Crippen LogP contribution in [0.1, 0.15) is 74.7 Å². The number of fused-ring (bicyclic) bond motifs is 1. The minimum absolute atomic E-state index is 0.00550. The lowest BCUT2D eigenvalue weighted by Gasteiger charge is -2.40. The third kappa shape index (κ3) is 6.08. The Labute approximate surface area is 231 Å². The molecule has 1 aromatic heterocycles. The number of likely N-dealkylation sites (tertiary alicyclic amines) is 1. The molecule has 1 aromatic carbocycles. The molecule has 3 heterocycles. The maximum Gasteiger partial charge on any atom is 0.415 e. The fourth-order valence-electron chi connectivity index (χ4n) is 5.75. The van der Waals surface area contributed by atoms with Gasteiger partial charge >= 0.3 is 6.09 Å². The van der Waals surface area contributed by atoms with Crippen LogP contribution in [0, 0.1) is 5.92 Å². The number of anilines is 2. The molecular weight excluding hydrogens is 492 g/mol. The van der Waals surface area contributed by atoms with Crippen LogP contribution in [0.4, 0.5) is 16.6 Å². The molecule has 0 spiro atoms. The Bertz CT molecular complexity index is 1190. The number of hydrogen-bond acceptors (Lipinski definition) is 7. The summed E-state index contributed by atoms with van der Waals surface area (Å²) in [6.45, 7) is 9.90. The van der Waals surface area contributed by atoms with Crippen LogP contribution >= 0.6 is 0 Å². The van der Waals surface area contributed by atoms with Gasteiger partial charge in [0.2, 0.25) is 11.9 Å². The Balaban J connectivity index is 1.26. The van der Waals surface area contributed by atoms with E-state index in [1.165, 1.54) is 35.8 Å². The number of nitrogens with zero attached hydrogens (tertiary/aromatic N) is 5. The number of benzene rings is 1. The molecule has 0 bridgehead atoms. The van der Waals surface area contributed by atoms with E-state index in [4.69, 9.17) is 4.74 Å². The molecule has 2 amide bonds. The normalized spacial score (nSPS) is 19.3. The number of aromatic nitrogens is 2. The van der Waals surface area contributed by atoms with E-state index in [2.05, 4.69) is 65.0 Å². The van der Waals surface area contributed by atoms with Gasteiger partial charge in [-0.1, -0.05) is 43.7 Å². The van der Waals surface area contributed by atoms with Crippen molar-refractivity contribution < 1.29 is 14.3 Å². The highest BCUT2D eigenvalue weighted by molar-refractivity contribution is 5.89. The van der Waals surface area contributed by atoms with Gasteiger partial charge in [0.15, 0.2) is 0 Å². The molecule has 0 radical (unpaired) electrons. The summed E-state index contributed by atoms with van der Waals surface area (Å²) >= 11 is 0. The number of rotatable bonds is 10. The summed E-state index contributed by atoms with van der Waals surface area (Å²) in [6.07, 6.45) is 8.58. The zero-order valence-corrected chi connectivity index (χ0v) is 23.3. The predicted octanol–water partition coefficient (Wildman–Crippen LogP) is 5.08. The Hall–Kier alpha value is -3.46. The van der Waals surface area contributed by atoms with Gasteiger partial charge in [0.1, 0.15) is 12.4 Å². The Kier molecular flexibility index (Phi) is 8.16. The van der Waals surface area contributed by atoms with Gasteiger partial charge in [-0.3, -0.25) is 14.6 Å². The maximum atomic E-state index is 12.1. The van der Waals surface area contributed by atoms with Crippen LogP contribution in [-0.2, 0) is 16.1 Å². The molecule has 1 unspecified atom stereocenters. The van der Waals surface area contributed by atoms with Gasteiger partial charge in [-0.25, -0.2) is 9.78 Å². The highest BCUT2D eigenvalue weighted by Crippen LogP contribution is 2.41. The van der Waals surface area contributed by atoms with E-state index < -0.39 is 0 Å². The van der Waals surface area contributed by atoms with Crippen molar-refractivity contribution in [1.82, 2.24) is 19.8 Å². The molecule has 5 rings (SSSR count). The van der Waals surface area contributed by atoms with Crippen molar-refractivity contribution in [3.63, 3.8) is 0 Å². The number of hydrogen-bond donors (Lipinski definition) is 1. The number of ether oxygens (including phenoxy) is 1. The first kappa shape index (κ1) is 27.1. The summed E-state index contributed by atoms with van der Waals surface area (Å²) in [7, 11) is 2.25. The first-order chi connectivity index (χ1) is 18.9. The highest BCUT2D eigenvalue weighted by Gasteiger charge is 2.33. The molecule has 9 nitrogen and oxygen atoms in total. The molecule has 208 valence electrons. The summed E-state index contributed by atoms with van der Waals surface area (Å²) in [4.78, 5) is 39.2. The van der Waals surface area contributed by atoms with E-state index in [9.17, 15) is 9.59 Å². The van der Waals surface area contributed by atoms with Gasteiger partial charge in [0.05, 0.1) is 11.6 Å². The van der Waals surface area contributed by atoms with E-state index in [0.717, 1.165) is 43.0 Å². The van der Waals surface area contributed by atoms with Crippen LogP contribution in [0.25, 0.3) is 0 Å². The summed E-state index contributed by atoms with van der Waals surface area (Å²) < 4.78 is 5.19. The lowest BCUT2D eigenvalue weighted by atomic mass is 9.94. The Morgan fingerprint density at radius 2 is 1.90 bits per heavy atom. The number of nitrogens with one attached hydrogen (secondary N) is 1. The third-order valence-electron chi connectivity index (χ3n) is 8.42. The monoisotopic (exact) mass is 532 g/mol. The second-order valence-electron chi connectivity index (χ2n) is 11.0. The van der Waals surface area contributed by atoms with Crippen molar-refractivity contribution in [2.45, 2.75) is 70.7 Å². The molecule has 1 saturated heterocycles. The van der Waals surface area contributed by atoms with Crippen molar-refractivity contribution in [1.29, 1.82) is 0 Å². The number of carbonyl (C=O) groups excluding carboxylic acids is 2. The largest absolute Gasteiger partial charge is 0.444 e. The smallest absolute Gasteiger partial charge is 0.415 e. The van der Waals surface area contributed by atoms with Crippen molar-refractivity contribution in [3.8, 4) is 0 Å². The van der Waals surface area contributed by atoms with Crippen LogP contribution in [0.5, 0.6) is 0 Å². The molecular formula is C30H40N6O3. The number of carbonyl (C=O) groups is 2. The molecule has 2 aliphatic heterocycles.